The fourth-order valence-electron chi connectivity index (χ4n) is 4.65. The molecule has 2 saturated heterocycles. The molecule has 1 aromatic rings. The summed E-state index contributed by atoms with van der Waals surface area (Å²) in [5, 5.41) is 0. The first-order valence-corrected chi connectivity index (χ1v) is 12.7. The molecule has 3 rings (SSSR count). The van der Waals surface area contributed by atoms with Crippen LogP contribution in [0, 0.1) is 25.7 Å². The maximum Gasteiger partial charge on any atom is 0.341 e. The Morgan fingerprint density at radius 2 is 1.71 bits per heavy atom. The molecule has 1 aromatic heterocycles. The molecule has 3 heterocycles. The summed E-state index contributed by atoms with van der Waals surface area (Å²) in [6, 6.07) is 0. The van der Waals surface area contributed by atoms with Crippen molar-refractivity contribution in [2.45, 2.75) is 58.3 Å². The number of carbonyl (C=O) groups is 2. The van der Waals surface area contributed by atoms with Gasteiger partial charge in [-0.25, -0.2) is 13.2 Å². The van der Waals surface area contributed by atoms with Crippen molar-refractivity contribution in [2.75, 3.05) is 32.8 Å². The third-order valence-electron chi connectivity index (χ3n) is 6.83. The van der Waals surface area contributed by atoms with Gasteiger partial charge in [0.1, 0.15) is 10.5 Å². The fraction of sp³-hybridized carbons (Fsp3) is 0.727. The van der Waals surface area contributed by atoms with Gasteiger partial charge in [-0.15, -0.1) is 0 Å². The highest BCUT2D eigenvalue weighted by molar-refractivity contribution is 7.89. The molecule has 0 aromatic carbocycles. The molecule has 2 aliphatic rings. The average molecular weight is 454 g/mol. The van der Waals surface area contributed by atoms with E-state index in [2.05, 4.69) is 6.92 Å². The molecule has 0 bridgehead atoms. The SMILES string of the molecule is CCOC(=O)c1c(S(=O)(=O)N2CCC[C@@H](C(=O)N3CCC(C)CC3)C2)c(C)n(C)c1C. The van der Waals surface area contributed by atoms with Crippen LogP contribution in [0.1, 0.15) is 61.3 Å². The predicted octanol–water partition coefficient (Wildman–Crippen LogP) is 2.48. The van der Waals surface area contributed by atoms with E-state index in [0.29, 0.717) is 36.7 Å². The van der Waals surface area contributed by atoms with Crippen LogP contribution in [0.25, 0.3) is 0 Å². The lowest BCUT2D eigenvalue weighted by molar-refractivity contribution is -0.138. The van der Waals surface area contributed by atoms with E-state index < -0.39 is 16.0 Å². The third-order valence-corrected chi connectivity index (χ3v) is 8.86. The summed E-state index contributed by atoms with van der Waals surface area (Å²) in [4.78, 5) is 27.6. The van der Waals surface area contributed by atoms with E-state index in [1.54, 1.807) is 32.4 Å². The van der Waals surface area contributed by atoms with E-state index in [1.807, 2.05) is 4.90 Å². The number of aromatic nitrogens is 1. The zero-order valence-corrected chi connectivity index (χ0v) is 20.1. The van der Waals surface area contributed by atoms with Gasteiger partial charge in [-0.2, -0.15) is 4.31 Å². The Labute approximate surface area is 185 Å². The van der Waals surface area contributed by atoms with Crippen LogP contribution in [0.15, 0.2) is 4.90 Å². The molecule has 0 aliphatic carbocycles. The lowest BCUT2D eigenvalue weighted by Crippen LogP contribution is -2.48. The first-order chi connectivity index (χ1) is 14.6. The summed E-state index contributed by atoms with van der Waals surface area (Å²) < 4.78 is 35.6. The summed E-state index contributed by atoms with van der Waals surface area (Å²) in [6.45, 7) is 9.46. The monoisotopic (exact) mass is 453 g/mol. The van der Waals surface area contributed by atoms with Crippen LogP contribution < -0.4 is 0 Å². The van der Waals surface area contributed by atoms with Crippen molar-refractivity contribution >= 4 is 21.9 Å². The molecular formula is C22H35N3O5S. The second-order valence-electron chi connectivity index (χ2n) is 8.86. The van der Waals surface area contributed by atoms with Gasteiger partial charge in [0.25, 0.3) is 0 Å². The lowest BCUT2D eigenvalue weighted by atomic mass is 9.94. The van der Waals surface area contributed by atoms with Crippen LogP contribution in [0.3, 0.4) is 0 Å². The molecular weight excluding hydrogens is 418 g/mol. The van der Waals surface area contributed by atoms with E-state index in [9.17, 15) is 18.0 Å². The first kappa shape index (κ1) is 23.8. The highest BCUT2D eigenvalue weighted by atomic mass is 32.2. The average Bonchev–Trinajstić information content (AvgIpc) is 2.98. The summed E-state index contributed by atoms with van der Waals surface area (Å²) in [5.74, 6) is -0.293. The quantitative estimate of drug-likeness (QED) is 0.639. The molecule has 2 aliphatic heterocycles. The van der Waals surface area contributed by atoms with Crippen LogP contribution in [0.4, 0.5) is 0 Å². The molecule has 2 fully saturated rings. The topological polar surface area (TPSA) is 88.9 Å². The number of carbonyl (C=O) groups excluding carboxylic acids is 2. The minimum atomic E-state index is -3.95. The van der Waals surface area contributed by atoms with E-state index >= 15 is 0 Å². The van der Waals surface area contributed by atoms with Crippen molar-refractivity contribution in [3.05, 3.63) is 17.0 Å². The lowest BCUT2D eigenvalue weighted by Gasteiger charge is -2.37. The zero-order chi connectivity index (χ0) is 22.9. The van der Waals surface area contributed by atoms with Gasteiger partial charge in [0.2, 0.25) is 15.9 Å². The highest BCUT2D eigenvalue weighted by Crippen LogP contribution is 2.32. The Balaban J connectivity index is 1.88. The minimum Gasteiger partial charge on any atom is -0.462 e. The second kappa shape index (κ2) is 9.32. The van der Waals surface area contributed by atoms with E-state index in [-0.39, 0.29) is 35.4 Å². The van der Waals surface area contributed by atoms with Crippen LogP contribution in [0.5, 0.6) is 0 Å². The first-order valence-electron chi connectivity index (χ1n) is 11.2. The number of hydrogen-bond donors (Lipinski definition) is 0. The molecule has 174 valence electrons. The Kier molecular flexibility index (Phi) is 7.15. The van der Waals surface area contributed by atoms with Crippen molar-refractivity contribution in [1.82, 2.24) is 13.8 Å². The number of esters is 1. The Morgan fingerprint density at radius 1 is 1.06 bits per heavy atom. The third kappa shape index (κ3) is 4.53. The molecule has 0 radical (unpaired) electrons. The van der Waals surface area contributed by atoms with Gasteiger partial charge >= 0.3 is 5.97 Å². The van der Waals surface area contributed by atoms with Gasteiger partial charge < -0.3 is 14.2 Å². The van der Waals surface area contributed by atoms with Crippen molar-refractivity contribution in [3.63, 3.8) is 0 Å². The number of likely N-dealkylation sites (tertiary alicyclic amines) is 1. The summed E-state index contributed by atoms with van der Waals surface area (Å²) >= 11 is 0. The van der Waals surface area contributed by atoms with Crippen LogP contribution in [0.2, 0.25) is 0 Å². The van der Waals surface area contributed by atoms with Gasteiger partial charge in [-0.1, -0.05) is 6.92 Å². The normalized spacial score (nSPS) is 21.3. The highest BCUT2D eigenvalue weighted by Gasteiger charge is 2.40. The number of sulfonamides is 1. The maximum absolute atomic E-state index is 13.7. The molecule has 0 unspecified atom stereocenters. The summed E-state index contributed by atoms with van der Waals surface area (Å²) in [7, 11) is -2.21. The van der Waals surface area contributed by atoms with Crippen molar-refractivity contribution in [2.24, 2.45) is 18.9 Å². The predicted molar refractivity (Wildman–Crippen MR) is 117 cm³/mol. The van der Waals surface area contributed by atoms with Gasteiger partial charge in [-0.05, 0) is 52.4 Å². The molecule has 0 N–H and O–H groups in total. The fourth-order valence-corrected chi connectivity index (χ4v) is 6.66. The number of nitrogens with zero attached hydrogens (tertiary/aromatic N) is 3. The standard InChI is InChI=1S/C22H35N3O5S/c1-6-30-22(27)19-16(3)23(5)17(4)20(19)31(28,29)25-11-7-8-18(14-25)21(26)24-12-9-15(2)10-13-24/h15,18H,6-14H2,1-5H3/t18-/m1/s1. The van der Waals surface area contributed by atoms with Gasteiger partial charge in [0.15, 0.2) is 0 Å². The number of ether oxygens (including phenoxy) is 1. The smallest absolute Gasteiger partial charge is 0.341 e. The van der Waals surface area contributed by atoms with Gasteiger partial charge in [0, 0.05) is 44.6 Å². The largest absolute Gasteiger partial charge is 0.462 e. The van der Waals surface area contributed by atoms with Crippen LogP contribution in [-0.4, -0.2) is 66.9 Å². The number of rotatable bonds is 5. The van der Waals surface area contributed by atoms with Crippen LogP contribution in [-0.2, 0) is 26.6 Å². The van der Waals surface area contributed by atoms with Crippen molar-refractivity contribution in [1.29, 1.82) is 0 Å². The van der Waals surface area contributed by atoms with Gasteiger partial charge in [0.05, 0.1) is 12.5 Å². The number of piperidine rings is 2. The van der Waals surface area contributed by atoms with E-state index in [0.717, 1.165) is 25.9 Å². The summed E-state index contributed by atoms with van der Waals surface area (Å²) in [6.07, 6.45) is 3.30. The van der Waals surface area contributed by atoms with Crippen LogP contribution >= 0.6 is 0 Å². The molecule has 0 saturated carbocycles. The number of hydrogen-bond acceptors (Lipinski definition) is 5. The molecule has 0 spiro atoms. The zero-order valence-electron chi connectivity index (χ0n) is 19.3. The molecule has 1 amide bonds. The second-order valence-corrected chi connectivity index (χ2v) is 10.7. The molecule has 1 atom stereocenters. The number of amides is 1. The molecule has 31 heavy (non-hydrogen) atoms. The summed E-state index contributed by atoms with van der Waals surface area (Å²) in [5.41, 5.74) is 1.15. The molecule has 8 nitrogen and oxygen atoms in total. The Hall–Kier alpha value is -1.87. The van der Waals surface area contributed by atoms with E-state index in [4.69, 9.17) is 4.74 Å². The van der Waals surface area contributed by atoms with E-state index in [1.165, 1.54) is 4.31 Å². The Bertz CT molecular complexity index is 945. The molecule has 9 heteroatoms. The van der Waals surface area contributed by atoms with Crippen molar-refractivity contribution in [3.8, 4) is 0 Å². The Morgan fingerprint density at radius 3 is 2.32 bits per heavy atom. The minimum absolute atomic E-state index is 0.00541. The van der Waals surface area contributed by atoms with Crippen molar-refractivity contribution < 1.29 is 22.7 Å². The maximum atomic E-state index is 13.7. The van der Waals surface area contributed by atoms with Gasteiger partial charge in [-0.3, -0.25) is 4.79 Å².